The highest BCUT2D eigenvalue weighted by atomic mass is 14.6. The molecule has 190 valence electrons. The zero-order valence-electron chi connectivity index (χ0n) is 22.2. The molecule has 0 spiro atoms. The molecule has 0 saturated heterocycles. The maximum atomic E-state index is 6.56. The fraction of sp³-hybridized carbons (Fsp3) is 0.0256. The van der Waals surface area contributed by atoms with Gasteiger partial charge >= 0.3 is 0 Å². The molecule has 0 aromatic heterocycles. The summed E-state index contributed by atoms with van der Waals surface area (Å²) in [6.45, 7) is 0. The minimum atomic E-state index is 0.772. The molecule has 0 unspecified atom stereocenters. The fourth-order valence-electron chi connectivity index (χ4n) is 6.10. The van der Waals surface area contributed by atoms with Gasteiger partial charge < -0.3 is 5.73 Å². The molecule has 40 heavy (non-hydrogen) atoms. The quantitative estimate of drug-likeness (QED) is 0.181. The van der Waals surface area contributed by atoms with Crippen molar-refractivity contribution in [2.75, 3.05) is 0 Å². The van der Waals surface area contributed by atoms with Crippen molar-refractivity contribution < 1.29 is 0 Å². The Hall–Kier alpha value is -5.14. The van der Waals surface area contributed by atoms with Gasteiger partial charge in [-0.05, 0) is 72.3 Å². The van der Waals surface area contributed by atoms with Crippen molar-refractivity contribution in [2.45, 2.75) is 6.42 Å². The molecule has 0 aliphatic rings. The predicted molar refractivity (Wildman–Crippen MR) is 173 cm³/mol. The smallest absolute Gasteiger partial charge is 0.0393 e. The van der Waals surface area contributed by atoms with Gasteiger partial charge in [0.15, 0.2) is 0 Å². The highest BCUT2D eigenvalue weighted by Crippen LogP contribution is 2.42. The van der Waals surface area contributed by atoms with Crippen LogP contribution in [0.15, 0.2) is 152 Å². The van der Waals surface area contributed by atoms with Crippen LogP contribution in [0.4, 0.5) is 0 Å². The van der Waals surface area contributed by atoms with Crippen LogP contribution in [-0.2, 0) is 6.42 Å². The van der Waals surface area contributed by atoms with Gasteiger partial charge in [-0.15, -0.1) is 0 Å². The Morgan fingerprint density at radius 3 is 1.68 bits per heavy atom. The minimum Gasteiger partial charge on any atom is -0.398 e. The second-order valence-corrected chi connectivity index (χ2v) is 10.3. The topological polar surface area (TPSA) is 26.0 Å². The average molecular weight is 512 g/mol. The van der Waals surface area contributed by atoms with Crippen molar-refractivity contribution in [3.63, 3.8) is 0 Å². The lowest BCUT2D eigenvalue weighted by atomic mass is 9.86. The Kier molecular flexibility index (Phi) is 6.11. The lowest BCUT2D eigenvalue weighted by molar-refractivity contribution is 1.33. The van der Waals surface area contributed by atoms with Crippen molar-refractivity contribution in [2.24, 2.45) is 5.73 Å². The Balaban J connectivity index is 1.34. The predicted octanol–water partition coefficient (Wildman–Crippen LogP) is 10.1. The Morgan fingerprint density at radius 1 is 0.500 bits per heavy atom. The fourth-order valence-corrected chi connectivity index (χ4v) is 6.10. The van der Waals surface area contributed by atoms with Crippen LogP contribution in [0.25, 0.3) is 59.9 Å². The summed E-state index contributed by atoms with van der Waals surface area (Å²) in [6, 6.07) is 47.6. The molecule has 0 aliphatic carbocycles. The molecular formula is C39H29N. The lowest BCUT2D eigenvalue weighted by Crippen LogP contribution is -1.96. The van der Waals surface area contributed by atoms with Crippen LogP contribution in [0.3, 0.4) is 0 Å². The number of nitrogens with two attached hydrogens (primary N) is 1. The zero-order chi connectivity index (χ0) is 26.9. The molecule has 0 fully saturated rings. The van der Waals surface area contributed by atoms with E-state index in [1.54, 1.807) is 0 Å². The van der Waals surface area contributed by atoms with Crippen molar-refractivity contribution in [3.8, 4) is 11.1 Å². The second kappa shape index (κ2) is 10.2. The Labute approximate surface area is 234 Å². The van der Waals surface area contributed by atoms with Crippen molar-refractivity contribution in [3.05, 3.63) is 163 Å². The summed E-state index contributed by atoms with van der Waals surface area (Å²) in [7, 11) is 0. The van der Waals surface area contributed by atoms with Crippen LogP contribution in [-0.4, -0.2) is 0 Å². The van der Waals surface area contributed by atoms with Crippen LogP contribution in [0.5, 0.6) is 0 Å². The van der Waals surface area contributed by atoms with Crippen LogP contribution in [0, 0.1) is 0 Å². The first-order valence-electron chi connectivity index (χ1n) is 13.8. The van der Waals surface area contributed by atoms with E-state index in [0.29, 0.717) is 0 Å². The third-order valence-electron chi connectivity index (χ3n) is 7.94. The minimum absolute atomic E-state index is 0.772. The lowest BCUT2D eigenvalue weighted by Gasteiger charge is -2.18. The first kappa shape index (κ1) is 23.9. The molecule has 0 saturated carbocycles. The number of hydrogen-bond donors (Lipinski definition) is 1. The van der Waals surface area contributed by atoms with E-state index in [9.17, 15) is 0 Å². The molecule has 7 aromatic carbocycles. The highest BCUT2D eigenvalue weighted by molar-refractivity contribution is 6.18. The maximum Gasteiger partial charge on any atom is 0.0393 e. The zero-order valence-corrected chi connectivity index (χ0v) is 22.2. The van der Waals surface area contributed by atoms with E-state index in [-0.39, 0.29) is 0 Å². The molecule has 0 atom stereocenters. The molecule has 1 heteroatoms. The summed E-state index contributed by atoms with van der Waals surface area (Å²) >= 11 is 0. The summed E-state index contributed by atoms with van der Waals surface area (Å²) in [6.07, 6.45) is 7.16. The first-order chi connectivity index (χ1) is 19.8. The number of rotatable bonds is 5. The number of fused-ring (bicyclic) bond motifs is 4. The Morgan fingerprint density at radius 2 is 1.00 bits per heavy atom. The van der Waals surface area contributed by atoms with Gasteiger partial charge in [-0.3, -0.25) is 0 Å². The van der Waals surface area contributed by atoms with Crippen LogP contribution >= 0.6 is 0 Å². The van der Waals surface area contributed by atoms with Crippen LogP contribution < -0.4 is 5.73 Å². The van der Waals surface area contributed by atoms with E-state index in [1.807, 2.05) is 6.08 Å². The summed E-state index contributed by atoms with van der Waals surface area (Å²) in [5, 5.41) is 10.1. The van der Waals surface area contributed by atoms with Crippen LogP contribution in [0.1, 0.15) is 11.1 Å². The molecule has 0 amide bonds. The van der Waals surface area contributed by atoms with Gasteiger partial charge in [0, 0.05) is 11.3 Å². The third kappa shape index (κ3) is 4.13. The van der Waals surface area contributed by atoms with Crippen molar-refractivity contribution in [1.82, 2.24) is 0 Å². The number of benzene rings is 7. The van der Waals surface area contributed by atoms with E-state index in [1.165, 1.54) is 59.8 Å². The largest absolute Gasteiger partial charge is 0.398 e. The first-order valence-corrected chi connectivity index (χ1v) is 13.8. The number of hydrogen-bond acceptors (Lipinski definition) is 1. The molecule has 1 nitrogen and oxygen atoms in total. The van der Waals surface area contributed by atoms with Gasteiger partial charge in [-0.1, -0.05) is 146 Å². The monoisotopic (exact) mass is 511 g/mol. The van der Waals surface area contributed by atoms with Gasteiger partial charge in [0.25, 0.3) is 0 Å². The highest BCUT2D eigenvalue weighted by Gasteiger charge is 2.16. The Bertz CT molecular complexity index is 2030. The molecule has 0 bridgehead atoms. The summed E-state index contributed by atoms with van der Waals surface area (Å²) in [4.78, 5) is 0. The third-order valence-corrected chi connectivity index (χ3v) is 7.94. The van der Waals surface area contributed by atoms with Gasteiger partial charge in [-0.2, -0.15) is 0 Å². The van der Waals surface area contributed by atoms with Gasteiger partial charge in [0.2, 0.25) is 0 Å². The van der Waals surface area contributed by atoms with E-state index in [4.69, 9.17) is 5.73 Å². The summed E-state index contributed by atoms with van der Waals surface area (Å²) < 4.78 is 0. The van der Waals surface area contributed by atoms with Crippen molar-refractivity contribution in [1.29, 1.82) is 0 Å². The summed E-state index contributed by atoms with van der Waals surface area (Å²) in [5.41, 5.74) is 12.3. The number of allylic oxidation sites excluding steroid dienone is 3. The van der Waals surface area contributed by atoms with Gasteiger partial charge in [0.05, 0.1) is 0 Å². The average Bonchev–Trinajstić information content (AvgIpc) is 3.02. The van der Waals surface area contributed by atoms with Gasteiger partial charge in [0.1, 0.15) is 0 Å². The maximum absolute atomic E-state index is 6.56. The summed E-state index contributed by atoms with van der Waals surface area (Å²) in [5.74, 6) is 0. The second-order valence-electron chi connectivity index (χ2n) is 10.3. The SMILES string of the molecule is N/C(=C\C=C/Cc1c2ccccc2c(-c2cccc3ccccc23)c2ccccc12)c1cccc2ccccc12. The molecule has 0 aliphatic heterocycles. The molecule has 7 rings (SSSR count). The molecule has 2 N–H and O–H groups in total. The van der Waals surface area contributed by atoms with Crippen LogP contribution in [0.2, 0.25) is 0 Å². The van der Waals surface area contributed by atoms with E-state index < -0.39 is 0 Å². The van der Waals surface area contributed by atoms with E-state index >= 15 is 0 Å². The molecule has 0 radical (unpaired) electrons. The van der Waals surface area contributed by atoms with E-state index in [0.717, 1.165) is 17.7 Å². The van der Waals surface area contributed by atoms with E-state index in [2.05, 4.69) is 146 Å². The standard InChI is InChI=1S/C39H29N/c40-38(34-24-11-15-27-13-1-3-17-29(27)34)26-10-9-19-31-32-20-5-7-22-36(32)39(37-23-8-6-21-33(31)37)35-25-12-16-28-14-2-4-18-30(28)35/h1-18,20-26H,19,40H2/b10-9-,38-26-. The van der Waals surface area contributed by atoms with Crippen molar-refractivity contribution >= 4 is 48.8 Å². The van der Waals surface area contributed by atoms with Gasteiger partial charge in [-0.25, -0.2) is 0 Å². The molecular weight excluding hydrogens is 482 g/mol. The molecule has 0 heterocycles. The molecule has 7 aromatic rings. The normalized spacial score (nSPS) is 12.2.